The van der Waals surface area contributed by atoms with Gasteiger partial charge in [0.1, 0.15) is 5.82 Å². The number of amides is 1. The van der Waals surface area contributed by atoms with E-state index >= 15 is 0 Å². The summed E-state index contributed by atoms with van der Waals surface area (Å²) in [5.74, 6) is -0.0316. The zero-order valence-corrected chi connectivity index (χ0v) is 13.7. The molecule has 1 aromatic rings. The predicted molar refractivity (Wildman–Crippen MR) is 82.8 cm³/mol. The van der Waals surface area contributed by atoms with Crippen molar-refractivity contribution in [3.8, 4) is 0 Å². The molecule has 3 N–H and O–H groups in total. The molecule has 0 saturated carbocycles. The Hall–Kier alpha value is -0.940. The first-order valence-electron chi connectivity index (χ1n) is 6.79. The minimum absolute atomic E-state index is 0.0435. The molecule has 0 bridgehead atoms. The maximum Gasteiger partial charge on any atom is 0.237 e. The Labute approximate surface area is 128 Å². The fraction of sp³-hybridized carbons (Fsp3) is 0.533. The van der Waals surface area contributed by atoms with Crippen LogP contribution < -0.4 is 11.1 Å². The molecule has 0 aliphatic carbocycles. The lowest BCUT2D eigenvalue weighted by Crippen LogP contribution is -2.45. The molecule has 1 aromatic carbocycles. The van der Waals surface area contributed by atoms with E-state index < -0.39 is 6.04 Å². The van der Waals surface area contributed by atoms with Crippen LogP contribution in [-0.4, -0.2) is 18.0 Å². The molecule has 0 aliphatic heterocycles. The molecule has 1 unspecified atom stereocenters. The summed E-state index contributed by atoms with van der Waals surface area (Å²) in [5, 5.41) is 2.89. The Bertz CT molecular complexity index is 465. The largest absolute Gasteiger partial charge is 0.352 e. The highest BCUT2D eigenvalue weighted by molar-refractivity contribution is 9.10. The lowest BCUT2D eigenvalue weighted by atomic mass is 10.0. The molecule has 112 valence electrons. The van der Waals surface area contributed by atoms with Crippen molar-refractivity contribution in [1.29, 1.82) is 0 Å². The summed E-state index contributed by atoms with van der Waals surface area (Å²) < 4.78 is 13.6. The van der Waals surface area contributed by atoms with Crippen LogP contribution in [-0.2, 0) is 11.2 Å². The van der Waals surface area contributed by atoms with Gasteiger partial charge in [-0.15, -0.1) is 0 Å². The minimum atomic E-state index is -0.475. The summed E-state index contributed by atoms with van der Waals surface area (Å²) in [5.41, 5.74) is 6.80. The van der Waals surface area contributed by atoms with Crippen molar-refractivity contribution < 1.29 is 9.18 Å². The average molecular weight is 345 g/mol. The van der Waals surface area contributed by atoms with E-state index in [1.165, 1.54) is 6.07 Å². The summed E-state index contributed by atoms with van der Waals surface area (Å²) >= 11 is 3.15. The van der Waals surface area contributed by atoms with Gasteiger partial charge in [0.2, 0.25) is 5.91 Å². The fourth-order valence-electron chi connectivity index (χ4n) is 2.04. The number of rotatable bonds is 6. The quantitative estimate of drug-likeness (QED) is 0.833. The van der Waals surface area contributed by atoms with Gasteiger partial charge in [-0.3, -0.25) is 4.79 Å². The van der Waals surface area contributed by atoms with Gasteiger partial charge >= 0.3 is 0 Å². The molecule has 3 nitrogen and oxygen atoms in total. The van der Waals surface area contributed by atoms with Crippen LogP contribution in [0.4, 0.5) is 4.39 Å². The molecule has 20 heavy (non-hydrogen) atoms. The normalized spacial score (nSPS) is 14.2. The maximum atomic E-state index is 13.1. The van der Waals surface area contributed by atoms with Crippen LogP contribution in [0.25, 0.3) is 0 Å². The molecule has 2 atom stereocenters. The SMILES string of the molecule is CC(C)C[C@H](N)C(=O)NC(C)Cc1ccc(F)c(Br)c1. The Morgan fingerprint density at radius 3 is 2.60 bits per heavy atom. The second-order valence-electron chi connectivity index (χ2n) is 5.60. The first-order chi connectivity index (χ1) is 9.29. The highest BCUT2D eigenvalue weighted by Crippen LogP contribution is 2.17. The lowest BCUT2D eigenvalue weighted by Gasteiger charge is -2.19. The van der Waals surface area contributed by atoms with Crippen molar-refractivity contribution in [3.63, 3.8) is 0 Å². The number of halogens is 2. The molecule has 0 saturated heterocycles. The van der Waals surface area contributed by atoms with Gasteiger partial charge in [0.05, 0.1) is 10.5 Å². The van der Waals surface area contributed by atoms with E-state index in [1.807, 2.05) is 20.8 Å². The van der Waals surface area contributed by atoms with Crippen LogP contribution in [0.5, 0.6) is 0 Å². The van der Waals surface area contributed by atoms with Crippen molar-refractivity contribution in [2.75, 3.05) is 0 Å². The molecular formula is C15H22BrFN2O. The third kappa shape index (κ3) is 5.59. The molecule has 0 aliphatic rings. The van der Waals surface area contributed by atoms with E-state index in [2.05, 4.69) is 21.2 Å². The average Bonchev–Trinajstić information content (AvgIpc) is 2.32. The standard InChI is InChI=1S/C15H22BrFN2O/c1-9(2)6-14(18)15(20)19-10(3)7-11-4-5-13(17)12(16)8-11/h4-5,8-10,14H,6-7,18H2,1-3H3,(H,19,20)/t10?,14-/m0/s1. The first-order valence-corrected chi connectivity index (χ1v) is 7.58. The van der Waals surface area contributed by atoms with Gasteiger partial charge < -0.3 is 11.1 Å². The van der Waals surface area contributed by atoms with Crippen LogP contribution in [0, 0.1) is 11.7 Å². The van der Waals surface area contributed by atoms with Crippen molar-refractivity contribution in [2.45, 2.75) is 45.7 Å². The third-order valence-electron chi connectivity index (χ3n) is 2.98. The number of nitrogens with two attached hydrogens (primary N) is 1. The number of carbonyl (C=O) groups is 1. The Balaban J connectivity index is 2.52. The molecule has 1 rings (SSSR count). The molecule has 0 spiro atoms. The van der Waals surface area contributed by atoms with Gasteiger partial charge in [0.15, 0.2) is 0 Å². The van der Waals surface area contributed by atoms with E-state index in [1.54, 1.807) is 12.1 Å². The molecule has 5 heteroatoms. The monoisotopic (exact) mass is 344 g/mol. The number of benzene rings is 1. The summed E-state index contributed by atoms with van der Waals surface area (Å²) in [6.07, 6.45) is 1.31. The second-order valence-corrected chi connectivity index (χ2v) is 6.45. The minimum Gasteiger partial charge on any atom is -0.352 e. The van der Waals surface area contributed by atoms with E-state index in [9.17, 15) is 9.18 Å². The van der Waals surface area contributed by atoms with Gasteiger partial charge in [-0.25, -0.2) is 4.39 Å². The summed E-state index contributed by atoms with van der Waals surface area (Å²) in [6, 6.07) is 4.34. The predicted octanol–water partition coefficient (Wildman–Crippen LogP) is 3.01. The molecule has 0 heterocycles. The maximum absolute atomic E-state index is 13.1. The molecule has 0 aromatic heterocycles. The third-order valence-corrected chi connectivity index (χ3v) is 3.58. The smallest absolute Gasteiger partial charge is 0.237 e. The van der Waals surface area contributed by atoms with E-state index in [4.69, 9.17) is 5.73 Å². The number of hydrogen-bond donors (Lipinski definition) is 2. The second kappa shape index (κ2) is 7.74. The summed E-state index contributed by atoms with van der Waals surface area (Å²) in [4.78, 5) is 11.9. The summed E-state index contributed by atoms with van der Waals surface area (Å²) in [7, 11) is 0. The zero-order valence-electron chi connectivity index (χ0n) is 12.1. The van der Waals surface area contributed by atoms with Gasteiger partial charge in [-0.2, -0.15) is 0 Å². The number of carbonyl (C=O) groups excluding carboxylic acids is 1. The lowest BCUT2D eigenvalue weighted by molar-refractivity contribution is -0.123. The first kappa shape index (κ1) is 17.1. The van der Waals surface area contributed by atoms with Gasteiger partial charge in [0, 0.05) is 6.04 Å². The Kier molecular flexibility index (Phi) is 6.62. The van der Waals surface area contributed by atoms with Crippen LogP contribution in [0.2, 0.25) is 0 Å². The van der Waals surface area contributed by atoms with Gasteiger partial charge in [-0.1, -0.05) is 19.9 Å². The van der Waals surface area contributed by atoms with Gasteiger partial charge in [-0.05, 0) is 59.3 Å². The number of nitrogens with one attached hydrogen (secondary N) is 1. The fourth-order valence-corrected chi connectivity index (χ4v) is 2.46. The zero-order chi connectivity index (χ0) is 15.3. The number of hydrogen-bond acceptors (Lipinski definition) is 2. The molecule has 0 fully saturated rings. The van der Waals surface area contributed by atoms with Crippen molar-refractivity contribution in [2.24, 2.45) is 11.7 Å². The highest BCUT2D eigenvalue weighted by atomic mass is 79.9. The molecule has 0 radical (unpaired) electrons. The van der Waals surface area contributed by atoms with Crippen LogP contribution >= 0.6 is 15.9 Å². The van der Waals surface area contributed by atoms with Crippen molar-refractivity contribution in [3.05, 3.63) is 34.1 Å². The molecular weight excluding hydrogens is 323 g/mol. The van der Waals surface area contributed by atoms with Gasteiger partial charge in [0.25, 0.3) is 0 Å². The topological polar surface area (TPSA) is 55.1 Å². The summed E-state index contributed by atoms with van der Waals surface area (Å²) in [6.45, 7) is 5.98. The molecule has 1 amide bonds. The Morgan fingerprint density at radius 2 is 2.05 bits per heavy atom. The van der Waals surface area contributed by atoms with E-state index in [-0.39, 0.29) is 17.8 Å². The van der Waals surface area contributed by atoms with Crippen molar-refractivity contribution >= 4 is 21.8 Å². The van der Waals surface area contributed by atoms with Crippen LogP contribution in [0.1, 0.15) is 32.8 Å². The van der Waals surface area contributed by atoms with Crippen molar-refractivity contribution in [1.82, 2.24) is 5.32 Å². The van der Waals surface area contributed by atoms with Crippen LogP contribution in [0.3, 0.4) is 0 Å². The Morgan fingerprint density at radius 1 is 1.40 bits per heavy atom. The highest BCUT2D eigenvalue weighted by Gasteiger charge is 2.17. The van der Waals surface area contributed by atoms with Crippen LogP contribution in [0.15, 0.2) is 22.7 Å². The van der Waals surface area contributed by atoms with E-state index in [0.29, 0.717) is 23.2 Å². The van der Waals surface area contributed by atoms with E-state index in [0.717, 1.165) is 5.56 Å².